The molecule has 1 aromatic rings. The van der Waals surface area contributed by atoms with Crippen LogP contribution in [0.5, 0.6) is 0 Å². The van der Waals surface area contributed by atoms with E-state index in [0.29, 0.717) is 12.1 Å². The fourth-order valence-electron chi connectivity index (χ4n) is 1.38. The second-order valence-electron chi connectivity index (χ2n) is 4.00. The molecule has 0 aliphatic carbocycles. The highest BCUT2D eigenvalue weighted by atomic mass is 16.5. The second-order valence-corrected chi connectivity index (χ2v) is 4.00. The molecule has 0 aliphatic rings. The fraction of sp³-hybridized carbons (Fsp3) is 0.385. The van der Waals surface area contributed by atoms with Crippen molar-refractivity contribution in [2.75, 3.05) is 19.8 Å². The molecule has 18 heavy (non-hydrogen) atoms. The van der Waals surface area contributed by atoms with Crippen molar-refractivity contribution in [1.82, 2.24) is 5.32 Å². The van der Waals surface area contributed by atoms with Gasteiger partial charge in [0.15, 0.2) is 0 Å². The van der Waals surface area contributed by atoms with E-state index in [1.165, 1.54) is 0 Å². The van der Waals surface area contributed by atoms with Crippen molar-refractivity contribution < 1.29 is 19.4 Å². The number of ether oxygens (including phenoxy) is 1. The number of aryl methyl sites for hydroxylation is 2. The van der Waals surface area contributed by atoms with Crippen LogP contribution in [0.4, 0.5) is 0 Å². The van der Waals surface area contributed by atoms with Crippen LogP contribution in [0.2, 0.25) is 0 Å². The monoisotopic (exact) mass is 251 g/mol. The predicted octanol–water partition coefficient (Wildman–Crippen LogP) is 1.13. The zero-order chi connectivity index (χ0) is 13.5. The minimum absolute atomic E-state index is 0.183. The van der Waals surface area contributed by atoms with Crippen molar-refractivity contribution in [2.45, 2.75) is 13.8 Å². The summed E-state index contributed by atoms with van der Waals surface area (Å²) in [5, 5.41) is 11.0. The molecule has 0 aliphatic heterocycles. The lowest BCUT2D eigenvalue weighted by Gasteiger charge is -2.07. The van der Waals surface area contributed by atoms with Crippen LogP contribution in [-0.2, 0) is 9.53 Å². The highest BCUT2D eigenvalue weighted by Gasteiger charge is 2.05. The van der Waals surface area contributed by atoms with E-state index in [-0.39, 0.29) is 19.1 Å². The van der Waals surface area contributed by atoms with Crippen LogP contribution in [0.15, 0.2) is 18.2 Å². The Balaban J connectivity index is 2.36. The summed E-state index contributed by atoms with van der Waals surface area (Å²) in [6, 6.07) is 5.48. The van der Waals surface area contributed by atoms with Gasteiger partial charge in [0, 0.05) is 12.1 Å². The maximum atomic E-state index is 11.7. The smallest absolute Gasteiger partial charge is 0.329 e. The summed E-state index contributed by atoms with van der Waals surface area (Å²) < 4.78 is 4.81. The normalized spacial score (nSPS) is 10.1. The zero-order valence-corrected chi connectivity index (χ0v) is 10.5. The molecule has 0 aromatic heterocycles. The summed E-state index contributed by atoms with van der Waals surface area (Å²) in [5.41, 5.74) is 2.79. The Labute approximate surface area is 106 Å². The van der Waals surface area contributed by atoms with E-state index in [1.54, 1.807) is 6.07 Å². The van der Waals surface area contributed by atoms with Crippen molar-refractivity contribution in [3.63, 3.8) is 0 Å². The van der Waals surface area contributed by atoms with Gasteiger partial charge in [0.05, 0.1) is 6.61 Å². The molecule has 0 heterocycles. The summed E-state index contributed by atoms with van der Waals surface area (Å²) >= 11 is 0. The van der Waals surface area contributed by atoms with E-state index in [1.807, 2.05) is 26.0 Å². The number of nitrogens with one attached hydrogen (secondary N) is 1. The van der Waals surface area contributed by atoms with Gasteiger partial charge in [-0.25, -0.2) is 4.79 Å². The maximum absolute atomic E-state index is 11.7. The average molecular weight is 251 g/mol. The molecule has 2 N–H and O–H groups in total. The lowest BCUT2D eigenvalue weighted by atomic mass is 10.1. The molecule has 1 aromatic carbocycles. The number of carboxylic acids is 1. The first-order valence-corrected chi connectivity index (χ1v) is 5.65. The highest BCUT2D eigenvalue weighted by molar-refractivity contribution is 5.94. The Morgan fingerprint density at radius 1 is 1.28 bits per heavy atom. The number of hydrogen-bond acceptors (Lipinski definition) is 3. The summed E-state index contributed by atoms with van der Waals surface area (Å²) in [6.07, 6.45) is 0. The van der Waals surface area contributed by atoms with Crippen LogP contribution in [-0.4, -0.2) is 36.7 Å². The van der Waals surface area contributed by atoms with Gasteiger partial charge in [0.25, 0.3) is 5.91 Å². The second kappa shape index (κ2) is 6.76. The summed E-state index contributed by atoms with van der Waals surface area (Å²) in [6.45, 7) is 4.06. The largest absolute Gasteiger partial charge is 0.480 e. The van der Waals surface area contributed by atoms with Crippen molar-refractivity contribution in [3.05, 3.63) is 34.9 Å². The first-order chi connectivity index (χ1) is 8.50. The first kappa shape index (κ1) is 14.2. The topological polar surface area (TPSA) is 75.6 Å². The number of rotatable bonds is 6. The standard InChI is InChI=1S/C13H17NO4/c1-9-3-4-11(7-10(9)2)13(17)14-5-6-18-8-12(15)16/h3-4,7H,5-6,8H2,1-2H3,(H,14,17)(H,15,16). The third-order valence-electron chi connectivity index (χ3n) is 2.53. The first-order valence-electron chi connectivity index (χ1n) is 5.65. The lowest BCUT2D eigenvalue weighted by molar-refractivity contribution is -0.142. The van der Waals surface area contributed by atoms with Crippen LogP contribution in [0.1, 0.15) is 21.5 Å². The summed E-state index contributed by atoms with van der Waals surface area (Å²) in [5.74, 6) is -1.20. The average Bonchev–Trinajstić information content (AvgIpc) is 2.31. The molecule has 0 bridgehead atoms. The van der Waals surface area contributed by atoms with Crippen LogP contribution in [0.25, 0.3) is 0 Å². The Bertz CT molecular complexity index is 443. The molecule has 98 valence electrons. The van der Waals surface area contributed by atoms with Crippen LogP contribution in [0, 0.1) is 13.8 Å². The van der Waals surface area contributed by atoms with Gasteiger partial charge in [-0.2, -0.15) is 0 Å². The Morgan fingerprint density at radius 2 is 2.00 bits per heavy atom. The van der Waals surface area contributed by atoms with Crippen LogP contribution >= 0.6 is 0 Å². The van der Waals surface area contributed by atoms with Gasteiger partial charge in [-0.3, -0.25) is 4.79 Å². The van der Waals surface area contributed by atoms with Gasteiger partial charge in [-0.05, 0) is 37.1 Å². The van der Waals surface area contributed by atoms with Crippen LogP contribution < -0.4 is 5.32 Å². The number of hydrogen-bond donors (Lipinski definition) is 2. The molecule has 0 saturated carbocycles. The molecule has 5 nitrogen and oxygen atoms in total. The van der Waals surface area contributed by atoms with Crippen molar-refractivity contribution >= 4 is 11.9 Å². The zero-order valence-electron chi connectivity index (χ0n) is 10.5. The van der Waals surface area contributed by atoms with Crippen LogP contribution in [0.3, 0.4) is 0 Å². The van der Waals surface area contributed by atoms with Crippen molar-refractivity contribution in [3.8, 4) is 0 Å². The minimum atomic E-state index is -1.02. The molecule has 5 heteroatoms. The third kappa shape index (κ3) is 4.55. The molecular formula is C13H17NO4. The molecule has 1 amide bonds. The Hall–Kier alpha value is -1.88. The Morgan fingerprint density at radius 3 is 2.61 bits per heavy atom. The number of carbonyl (C=O) groups excluding carboxylic acids is 1. The number of amides is 1. The number of benzene rings is 1. The predicted molar refractivity (Wildman–Crippen MR) is 66.7 cm³/mol. The molecule has 0 fully saturated rings. The highest BCUT2D eigenvalue weighted by Crippen LogP contribution is 2.09. The van der Waals surface area contributed by atoms with Gasteiger partial charge < -0.3 is 15.2 Å². The van der Waals surface area contributed by atoms with Gasteiger partial charge >= 0.3 is 5.97 Å². The summed E-state index contributed by atoms with van der Waals surface area (Å²) in [7, 11) is 0. The number of carboxylic acid groups (broad SMARTS) is 1. The molecule has 1 rings (SSSR count). The maximum Gasteiger partial charge on any atom is 0.329 e. The van der Waals surface area contributed by atoms with E-state index in [2.05, 4.69) is 5.32 Å². The van der Waals surface area contributed by atoms with E-state index in [0.717, 1.165) is 11.1 Å². The molecular weight excluding hydrogens is 234 g/mol. The van der Waals surface area contributed by atoms with E-state index >= 15 is 0 Å². The SMILES string of the molecule is Cc1ccc(C(=O)NCCOCC(=O)O)cc1C. The minimum Gasteiger partial charge on any atom is -0.480 e. The van der Waals surface area contributed by atoms with Gasteiger partial charge in [0.1, 0.15) is 6.61 Å². The van der Waals surface area contributed by atoms with Gasteiger partial charge in [-0.1, -0.05) is 6.07 Å². The third-order valence-corrected chi connectivity index (χ3v) is 2.53. The molecule has 0 radical (unpaired) electrons. The Kier molecular flexibility index (Phi) is 5.32. The van der Waals surface area contributed by atoms with Crippen molar-refractivity contribution in [2.24, 2.45) is 0 Å². The van der Waals surface area contributed by atoms with E-state index in [4.69, 9.17) is 9.84 Å². The van der Waals surface area contributed by atoms with E-state index in [9.17, 15) is 9.59 Å². The lowest BCUT2D eigenvalue weighted by Crippen LogP contribution is -2.28. The van der Waals surface area contributed by atoms with Gasteiger partial charge in [0.2, 0.25) is 0 Å². The molecule has 0 unspecified atom stereocenters. The number of aliphatic carboxylic acids is 1. The fourth-order valence-corrected chi connectivity index (χ4v) is 1.38. The van der Waals surface area contributed by atoms with Crippen molar-refractivity contribution in [1.29, 1.82) is 0 Å². The van der Waals surface area contributed by atoms with E-state index < -0.39 is 5.97 Å². The summed E-state index contributed by atoms with van der Waals surface area (Å²) in [4.78, 5) is 21.9. The number of carbonyl (C=O) groups is 2. The van der Waals surface area contributed by atoms with Gasteiger partial charge in [-0.15, -0.1) is 0 Å². The quantitative estimate of drug-likeness (QED) is 0.743. The molecule has 0 spiro atoms. The molecule has 0 atom stereocenters. The molecule has 0 saturated heterocycles.